The van der Waals surface area contributed by atoms with Crippen LogP contribution < -0.4 is 0 Å². The summed E-state index contributed by atoms with van der Waals surface area (Å²) in [4.78, 5) is 0. The zero-order valence-electron chi connectivity index (χ0n) is 16.3. The van der Waals surface area contributed by atoms with Gasteiger partial charge in [-0.15, -0.1) is 0 Å². The molecule has 0 nitrogen and oxygen atoms in total. The lowest BCUT2D eigenvalue weighted by molar-refractivity contribution is 0.332. The Bertz CT molecular complexity index is 735. The molecular formula is C24H32. The second-order valence-electron chi connectivity index (χ2n) is 9.11. The zero-order chi connectivity index (χ0) is 17.5. The Hall–Kier alpha value is -1.56. The van der Waals surface area contributed by atoms with Crippen LogP contribution >= 0.6 is 0 Å². The first-order valence-corrected chi connectivity index (χ1v) is 9.39. The van der Waals surface area contributed by atoms with Gasteiger partial charge in [-0.25, -0.2) is 0 Å². The van der Waals surface area contributed by atoms with Crippen LogP contribution in [0.15, 0.2) is 47.6 Å². The van der Waals surface area contributed by atoms with Crippen LogP contribution in [0, 0.1) is 0 Å². The van der Waals surface area contributed by atoms with E-state index in [0.29, 0.717) is 5.41 Å². The summed E-state index contributed by atoms with van der Waals surface area (Å²) in [6, 6.07) is 7.19. The predicted molar refractivity (Wildman–Crippen MR) is 106 cm³/mol. The molecule has 128 valence electrons. The molecule has 0 saturated heterocycles. The molecule has 24 heavy (non-hydrogen) atoms. The Balaban J connectivity index is 1.99. The summed E-state index contributed by atoms with van der Waals surface area (Å²) in [5.41, 5.74) is 9.39. The van der Waals surface area contributed by atoms with Gasteiger partial charge < -0.3 is 0 Å². The second kappa shape index (κ2) is 6.06. The lowest BCUT2D eigenvalue weighted by Crippen LogP contribution is -2.33. The van der Waals surface area contributed by atoms with E-state index in [1.807, 2.05) is 0 Å². The molecule has 2 aliphatic carbocycles. The molecule has 0 unspecified atom stereocenters. The maximum Gasteiger partial charge on any atom is -0.0100 e. The molecule has 0 amide bonds. The highest BCUT2D eigenvalue weighted by Crippen LogP contribution is 2.46. The number of allylic oxidation sites excluding steroid dienone is 6. The highest BCUT2D eigenvalue weighted by atomic mass is 14.4. The summed E-state index contributed by atoms with van der Waals surface area (Å²) >= 11 is 0. The fourth-order valence-corrected chi connectivity index (χ4v) is 4.07. The molecule has 0 fully saturated rings. The smallest absolute Gasteiger partial charge is 0.0100 e. The number of rotatable bonds is 2. The topological polar surface area (TPSA) is 0 Å². The minimum absolute atomic E-state index is 0.283. The Morgan fingerprint density at radius 1 is 0.917 bits per heavy atom. The lowest BCUT2D eigenvalue weighted by Gasteiger charge is -2.42. The summed E-state index contributed by atoms with van der Waals surface area (Å²) in [7, 11) is 0. The number of hydrogen-bond donors (Lipinski definition) is 0. The first-order chi connectivity index (χ1) is 11.2. The third-order valence-corrected chi connectivity index (χ3v) is 6.10. The molecule has 1 aromatic carbocycles. The summed E-state index contributed by atoms with van der Waals surface area (Å²) in [5, 5.41) is 0. The minimum atomic E-state index is 0.283. The summed E-state index contributed by atoms with van der Waals surface area (Å²) in [5.74, 6) is 0. The van der Waals surface area contributed by atoms with Crippen LogP contribution in [0.3, 0.4) is 0 Å². The quantitative estimate of drug-likeness (QED) is 0.545. The van der Waals surface area contributed by atoms with Crippen molar-refractivity contribution < 1.29 is 0 Å². The van der Waals surface area contributed by atoms with Gasteiger partial charge in [0.1, 0.15) is 0 Å². The molecular weight excluding hydrogens is 288 g/mol. The van der Waals surface area contributed by atoms with Crippen LogP contribution in [0.4, 0.5) is 0 Å². The van der Waals surface area contributed by atoms with Crippen molar-refractivity contribution in [2.24, 2.45) is 0 Å². The van der Waals surface area contributed by atoms with E-state index in [1.165, 1.54) is 48.0 Å². The molecule has 0 heteroatoms. The van der Waals surface area contributed by atoms with E-state index in [9.17, 15) is 0 Å². The zero-order valence-corrected chi connectivity index (χ0v) is 16.3. The highest BCUT2D eigenvalue weighted by molar-refractivity contribution is 5.68. The molecule has 2 aliphatic rings. The standard InChI is InChI=1S/C24H32/c1-17-7-9-19(10-8-17)15-18(2)20-11-12-21-22(16-20)24(5,6)14-13-23(21,3)4/h7,9,11-12,15-16H,8,10,13-14H2,1-6H3/b18-15+. The molecule has 0 N–H and O–H groups in total. The molecule has 0 aromatic heterocycles. The molecule has 0 aliphatic heterocycles. The highest BCUT2D eigenvalue weighted by Gasteiger charge is 2.36. The minimum Gasteiger partial charge on any atom is -0.0730 e. The van der Waals surface area contributed by atoms with Crippen molar-refractivity contribution >= 4 is 5.57 Å². The molecule has 0 heterocycles. The monoisotopic (exact) mass is 320 g/mol. The van der Waals surface area contributed by atoms with E-state index < -0.39 is 0 Å². The van der Waals surface area contributed by atoms with Crippen molar-refractivity contribution in [3.8, 4) is 0 Å². The normalized spacial score (nSPS) is 22.5. The van der Waals surface area contributed by atoms with E-state index in [2.05, 4.69) is 78.0 Å². The maximum atomic E-state index is 2.46. The summed E-state index contributed by atoms with van der Waals surface area (Å²) < 4.78 is 0. The Morgan fingerprint density at radius 2 is 1.58 bits per heavy atom. The molecule has 0 atom stereocenters. The van der Waals surface area contributed by atoms with Crippen LogP contribution in [0.25, 0.3) is 5.57 Å². The van der Waals surface area contributed by atoms with Crippen LogP contribution in [-0.4, -0.2) is 0 Å². The fourth-order valence-electron chi connectivity index (χ4n) is 4.07. The lowest BCUT2D eigenvalue weighted by atomic mass is 9.63. The van der Waals surface area contributed by atoms with Crippen LogP contribution in [-0.2, 0) is 10.8 Å². The molecule has 0 bridgehead atoms. The second-order valence-corrected chi connectivity index (χ2v) is 9.11. The van der Waals surface area contributed by atoms with Gasteiger partial charge in [0.25, 0.3) is 0 Å². The van der Waals surface area contributed by atoms with Gasteiger partial charge in [-0.2, -0.15) is 0 Å². The van der Waals surface area contributed by atoms with Crippen molar-refractivity contribution in [3.63, 3.8) is 0 Å². The average molecular weight is 321 g/mol. The van der Waals surface area contributed by atoms with Gasteiger partial charge in [0.2, 0.25) is 0 Å². The Kier molecular flexibility index (Phi) is 4.36. The molecule has 0 radical (unpaired) electrons. The molecule has 0 spiro atoms. The van der Waals surface area contributed by atoms with Gasteiger partial charge >= 0.3 is 0 Å². The largest absolute Gasteiger partial charge is 0.0730 e. The van der Waals surface area contributed by atoms with Crippen molar-refractivity contribution in [1.82, 2.24) is 0 Å². The van der Waals surface area contributed by atoms with Gasteiger partial charge in [-0.1, -0.05) is 69.7 Å². The first-order valence-electron chi connectivity index (χ1n) is 9.39. The summed E-state index contributed by atoms with van der Waals surface area (Å²) in [6.45, 7) is 14.1. The van der Waals surface area contributed by atoms with E-state index in [-0.39, 0.29) is 5.41 Å². The van der Waals surface area contributed by atoms with E-state index in [1.54, 1.807) is 11.1 Å². The van der Waals surface area contributed by atoms with Gasteiger partial charge in [0.05, 0.1) is 0 Å². The molecule has 3 rings (SSSR count). The van der Waals surface area contributed by atoms with Crippen LogP contribution in [0.2, 0.25) is 0 Å². The number of hydrogen-bond acceptors (Lipinski definition) is 0. The number of fused-ring (bicyclic) bond motifs is 1. The summed E-state index contributed by atoms with van der Waals surface area (Å²) in [6.07, 6.45) is 11.8. The molecule has 1 aromatic rings. The number of benzene rings is 1. The van der Waals surface area contributed by atoms with E-state index in [0.717, 1.165) is 0 Å². The Labute approximate surface area is 148 Å². The van der Waals surface area contributed by atoms with E-state index in [4.69, 9.17) is 0 Å². The third-order valence-electron chi connectivity index (χ3n) is 6.10. The van der Waals surface area contributed by atoms with Crippen molar-refractivity contribution in [3.05, 3.63) is 64.3 Å². The van der Waals surface area contributed by atoms with Gasteiger partial charge in [-0.05, 0) is 78.2 Å². The fraction of sp³-hybridized carbons (Fsp3) is 0.500. The predicted octanol–water partition coefficient (Wildman–Crippen LogP) is 7.11. The third kappa shape index (κ3) is 3.29. The van der Waals surface area contributed by atoms with Gasteiger partial charge in [0, 0.05) is 0 Å². The van der Waals surface area contributed by atoms with Crippen molar-refractivity contribution in [2.45, 2.75) is 78.1 Å². The average Bonchev–Trinajstić information content (AvgIpc) is 2.54. The van der Waals surface area contributed by atoms with E-state index >= 15 is 0 Å². The van der Waals surface area contributed by atoms with Gasteiger partial charge in [0.15, 0.2) is 0 Å². The van der Waals surface area contributed by atoms with Crippen LogP contribution in [0.1, 0.15) is 83.9 Å². The first kappa shape index (κ1) is 17.3. The maximum absolute atomic E-state index is 2.46. The van der Waals surface area contributed by atoms with Crippen LogP contribution in [0.5, 0.6) is 0 Å². The molecule has 0 saturated carbocycles. The van der Waals surface area contributed by atoms with Crippen molar-refractivity contribution in [2.75, 3.05) is 0 Å². The SMILES string of the molecule is CC1=CC=C(/C=C(\C)c2ccc3c(c2)C(C)(C)CCC3(C)C)CC1. The van der Waals surface area contributed by atoms with Gasteiger partial charge in [-0.3, -0.25) is 0 Å². The van der Waals surface area contributed by atoms with Crippen molar-refractivity contribution in [1.29, 1.82) is 0 Å². The Morgan fingerprint density at radius 3 is 2.21 bits per heavy atom.